The van der Waals surface area contributed by atoms with E-state index < -0.39 is 21.8 Å². The predicted octanol–water partition coefficient (Wildman–Crippen LogP) is 2.00. The molecule has 0 heterocycles. The molecule has 2 aromatic rings. The third-order valence-electron chi connectivity index (χ3n) is 2.80. The average molecular weight is 309 g/mol. The van der Waals surface area contributed by atoms with Gasteiger partial charge in [0.1, 0.15) is 5.82 Å². The number of sulfonamides is 1. The van der Waals surface area contributed by atoms with Crippen molar-refractivity contribution < 1.29 is 22.7 Å². The molecule has 0 atom stereocenters. The van der Waals surface area contributed by atoms with E-state index in [1.165, 1.54) is 36.4 Å². The highest BCUT2D eigenvalue weighted by Crippen LogP contribution is 2.13. The van der Waals surface area contributed by atoms with Crippen molar-refractivity contribution in [2.75, 3.05) is 0 Å². The maximum atomic E-state index is 13.4. The highest BCUT2D eigenvalue weighted by atomic mass is 32.2. The summed E-state index contributed by atoms with van der Waals surface area (Å²) in [7, 11) is -3.91. The molecule has 0 aliphatic carbocycles. The van der Waals surface area contributed by atoms with Gasteiger partial charge in [-0.2, -0.15) is 0 Å². The normalized spacial score (nSPS) is 11.3. The maximum absolute atomic E-state index is 13.4. The van der Waals surface area contributed by atoms with Gasteiger partial charge in [0.15, 0.2) is 0 Å². The molecular formula is C14H12FNO4S. The van der Waals surface area contributed by atoms with Crippen molar-refractivity contribution in [3.8, 4) is 0 Å². The van der Waals surface area contributed by atoms with Gasteiger partial charge in [0.2, 0.25) is 10.0 Å². The molecule has 110 valence electrons. The molecule has 0 aromatic heterocycles. The standard InChI is InChI=1S/C14H12FNO4S/c15-13-7-2-1-4-11(13)9-16-21(19,20)12-6-3-5-10(8-12)14(17)18/h1-8,16H,9H2,(H,17,18). The molecule has 2 rings (SSSR count). The number of benzene rings is 2. The minimum Gasteiger partial charge on any atom is -0.478 e. The summed E-state index contributed by atoms with van der Waals surface area (Å²) < 4.78 is 39.8. The van der Waals surface area contributed by atoms with Crippen molar-refractivity contribution in [1.82, 2.24) is 4.72 Å². The fourth-order valence-corrected chi connectivity index (χ4v) is 2.75. The summed E-state index contributed by atoms with van der Waals surface area (Å²) in [6.45, 7) is -0.216. The zero-order valence-corrected chi connectivity index (χ0v) is 11.6. The molecule has 0 saturated heterocycles. The molecule has 0 aliphatic heterocycles. The molecule has 0 unspecified atom stereocenters. The Morgan fingerprint density at radius 3 is 2.52 bits per heavy atom. The van der Waals surface area contributed by atoms with Gasteiger partial charge >= 0.3 is 5.97 Å². The lowest BCUT2D eigenvalue weighted by Gasteiger charge is -2.08. The molecule has 2 aromatic carbocycles. The van der Waals surface area contributed by atoms with Gasteiger partial charge in [-0.1, -0.05) is 24.3 Å². The van der Waals surface area contributed by atoms with E-state index in [2.05, 4.69) is 4.72 Å². The van der Waals surface area contributed by atoms with E-state index in [0.717, 1.165) is 6.07 Å². The van der Waals surface area contributed by atoms with Gasteiger partial charge in [-0.05, 0) is 24.3 Å². The lowest BCUT2D eigenvalue weighted by Crippen LogP contribution is -2.24. The van der Waals surface area contributed by atoms with Crippen LogP contribution in [0.5, 0.6) is 0 Å². The van der Waals surface area contributed by atoms with Crippen LogP contribution in [-0.4, -0.2) is 19.5 Å². The smallest absolute Gasteiger partial charge is 0.335 e. The summed E-state index contributed by atoms with van der Waals surface area (Å²) in [5.41, 5.74) is 0.0687. The van der Waals surface area contributed by atoms with Gasteiger partial charge in [-0.15, -0.1) is 0 Å². The first kappa shape index (κ1) is 15.1. The summed E-state index contributed by atoms with van der Waals surface area (Å²) in [5.74, 6) is -1.74. The Morgan fingerprint density at radius 1 is 1.14 bits per heavy atom. The Balaban J connectivity index is 2.21. The van der Waals surface area contributed by atoms with Crippen LogP contribution in [0.2, 0.25) is 0 Å². The number of halogens is 1. The second kappa shape index (κ2) is 6.02. The van der Waals surface area contributed by atoms with E-state index in [1.807, 2.05) is 0 Å². The molecule has 0 fully saturated rings. The minimum atomic E-state index is -3.91. The third kappa shape index (κ3) is 3.65. The van der Waals surface area contributed by atoms with Crippen LogP contribution < -0.4 is 4.72 Å². The Bertz CT molecular complexity index is 774. The second-order valence-corrected chi connectivity index (χ2v) is 6.02. The number of carboxylic acids is 1. The fraction of sp³-hybridized carbons (Fsp3) is 0.0714. The zero-order valence-electron chi connectivity index (χ0n) is 10.8. The first-order valence-electron chi connectivity index (χ1n) is 5.96. The molecule has 5 nitrogen and oxygen atoms in total. The quantitative estimate of drug-likeness (QED) is 0.885. The van der Waals surface area contributed by atoms with E-state index in [4.69, 9.17) is 5.11 Å². The third-order valence-corrected chi connectivity index (χ3v) is 4.20. The van der Waals surface area contributed by atoms with Crippen LogP contribution >= 0.6 is 0 Å². The van der Waals surface area contributed by atoms with Crippen LogP contribution in [0.15, 0.2) is 53.4 Å². The fourth-order valence-electron chi connectivity index (χ4n) is 1.69. The highest BCUT2D eigenvalue weighted by Gasteiger charge is 2.16. The van der Waals surface area contributed by atoms with Gasteiger partial charge in [-0.3, -0.25) is 0 Å². The number of aromatic carboxylic acids is 1. The highest BCUT2D eigenvalue weighted by molar-refractivity contribution is 7.89. The number of hydrogen-bond acceptors (Lipinski definition) is 3. The summed E-state index contributed by atoms with van der Waals surface area (Å²) in [5, 5.41) is 8.85. The summed E-state index contributed by atoms with van der Waals surface area (Å²) >= 11 is 0. The SMILES string of the molecule is O=C(O)c1cccc(S(=O)(=O)NCc2ccccc2F)c1. The van der Waals surface area contributed by atoms with Crippen molar-refractivity contribution in [1.29, 1.82) is 0 Å². The average Bonchev–Trinajstić information content (AvgIpc) is 2.46. The van der Waals surface area contributed by atoms with Crippen molar-refractivity contribution in [2.24, 2.45) is 0 Å². The van der Waals surface area contributed by atoms with Crippen LogP contribution in [0.4, 0.5) is 4.39 Å². The summed E-state index contributed by atoms with van der Waals surface area (Å²) in [6, 6.07) is 10.7. The number of carboxylic acid groups (broad SMARTS) is 1. The number of carbonyl (C=O) groups is 1. The maximum Gasteiger partial charge on any atom is 0.335 e. The predicted molar refractivity (Wildman–Crippen MR) is 73.8 cm³/mol. The molecule has 21 heavy (non-hydrogen) atoms. The van der Waals surface area contributed by atoms with Gasteiger partial charge < -0.3 is 5.11 Å². The first-order chi connectivity index (χ1) is 9.90. The zero-order chi connectivity index (χ0) is 15.5. The molecule has 0 amide bonds. The monoisotopic (exact) mass is 309 g/mol. The number of rotatable bonds is 5. The molecular weight excluding hydrogens is 297 g/mol. The molecule has 0 aliphatic rings. The van der Waals surface area contributed by atoms with Crippen LogP contribution in [0.3, 0.4) is 0 Å². The number of nitrogens with one attached hydrogen (secondary N) is 1. The molecule has 0 bridgehead atoms. The Morgan fingerprint density at radius 2 is 1.86 bits per heavy atom. The van der Waals surface area contributed by atoms with E-state index in [9.17, 15) is 17.6 Å². The molecule has 7 heteroatoms. The van der Waals surface area contributed by atoms with Crippen LogP contribution in [-0.2, 0) is 16.6 Å². The van der Waals surface area contributed by atoms with Gasteiger partial charge in [-0.25, -0.2) is 22.3 Å². The van der Waals surface area contributed by atoms with Crippen molar-refractivity contribution in [2.45, 2.75) is 11.4 Å². The van der Waals surface area contributed by atoms with Gasteiger partial charge in [0.05, 0.1) is 10.5 Å². The Kier molecular flexibility index (Phi) is 4.35. The van der Waals surface area contributed by atoms with Crippen molar-refractivity contribution >= 4 is 16.0 Å². The van der Waals surface area contributed by atoms with Crippen LogP contribution in [0.1, 0.15) is 15.9 Å². The minimum absolute atomic E-state index is 0.135. The molecule has 2 N–H and O–H groups in total. The van der Waals surface area contributed by atoms with E-state index >= 15 is 0 Å². The van der Waals surface area contributed by atoms with Crippen LogP contribution in [0, 0.1) is 5.82 Å². The summed E-state index contributed by atoms with van der Waals surface area (Å²) in [4.78, 5) is 10.7. The van der Waals surface area contributed by atoms with Gasteiger partial charge in [0, 0.05) is 12.1 Å². The lowest BCUT2D eigenvalue weighted by molar-refractivity contribution is 0.0696. The number of hydrogen-bond donors (Lipinski definition) is 2. The van der Waals surface area contributed by atoms with Crippen molar-refractivity contribution in [3.05, 3.63) is 65.5 Å². The van der Waals surface area contributed by atoms with E-state index in [1.54, 1.807) is 6.07 Å². The lowest BCUT2D eigenvalue weighted by atomic mass is 10.2. The summed E-state index contributed by atoms with van der Waals surface area (Å²) in [6.07, 6.45) is 0. The molecule has 0 spiro atoms. The van der Waals surface area contributed by atoms with E-state index in [-0.39, 0.29) is 22.6 Å². The Labute approximate surface area is 121 Å². The molecule has 0 radical (unpaired) electrons. The topological polar surface area (TPSA) is 83.5 Å². The van der Waals surface area contributed by atoms with Crippen molar-refractivity contribution in [3.63, 3.8) is 0 Å². The van der Waals surface area contributed by atoms with Gasteiger partial charge in [0.25, 0.3) is 0 Å². The largest absolute Gasteiger partial charge is 0.478 e. The first-order valence-corrected chi connectivity index (χ1v) is 7.45. The second-order valence-electron chi connectivity index (χ2n) is 4.25. The van der Waals surface area contributed by atoms with Crippen LogP contribution in [0.25, 0.3) is 0 Å². The molecule has 0 saturated carbocycles. The van der Waals surface area contributed by atoms with E-state index in [0.29, 0.717) is 0 Å². The Hall–Kier alpha value is -2.25.